The van der Waals surface area contributed by atoms with Gasteiger partial charge in [0.1, 0.15) is 0 Å². The lowest BCUT2D eigenvalue weighted by Gasteiger charge is -1.71. The minimum absolute atomic E-state index is 0.366. The molecule has 7 heteroatoms. The summed E-state index contributed by atoms with van der Waals surface area (Å²) in [5.74, 6) is 0. The van der Waals surface area contributed by atoms with Gasteiger partial charge in [-0.25, -0.2) is 4.98 Å². The quantitative estimate of drug-likeness (QED) is 0.581. The maximum atomic E-state index is 10.6. The van der Waals surface area contributed by atoms with Gasteiger partial charge in [-0.3, -0.25) is 0 Å². The van der Waals surface area contributed by atoms with E-state index in [1.807, 2.05) is 0 Å². The zero-order valence-electron chi connectivity index (χ0n) is 4.72. The van der Waals surface area contributed by atoms with Gasteiger partial charge in [0, 0.05) is 12.4 Å². The van der Waals surface area contributed by atoms with Crippen molar-refractivity contribution >= 4 is 10.0 Å². The van der Waals surface area contributed by atoms with Gasteiger partial charge in [-0.1, -0.05) is 0 Å². The molecule has 0 bridgehead atoms. The van der Waals surface area contributed by atoms with Crippen LogP contribution in [-0.4, -0.2) is 18.4 Å². The summed E-state index contributed by atoms with van der Waals surface area (Å²) in [6, 6.07) is 0. The smallest absolute Gasteiger partial charge is 0.329 e. The summed E-state index contributed by atoms with van der Waals surface area (Å²) in [5, 5.41) is 7.58. The van der Waals surface area contributed by atoms with Gasteiger partial charge in [-0.2, -0.15) is 0 Å². The Labute approximate surface area is 56.6 Å². The fourth-order valence-corrected chi connectivity index (χ4v) is 0.919. The van der Waals surface area contributed by atoms with Crippen molar-refractivity contribution in [2.45, 2.75) is 5.16 Å². The Morgan fingerprint density at radius 1 is 1.70 bits per heavy atom. The van der Waals surface area contributed by atoms with E-state index in [0.29, 0.717) is 0 Å². The molecule has 0 saturated heterocycles. The zero-order valence-corrected chi connectivity index (χ0v) is 5.54. The lowest BCUT2D eigenvalue weighted by molar-refractivity contribution is 0.596. The molecule has 0 radical (unpaired) electrons. The summed E-state index contributed by atoms with van der Waals surface area (Å²) in [4.78, 5) is 5.64. The van der Waals surface area contributed by atoms with Crippen LogP contribution in [-0.2, 0) is 10.0 Å². The molecule has 0 aliphatic rings. The van der Waals surface area contributed by atoms with Gasteiger partial charge in [0.25, 0.3) is 4.38 Å². The average Bonchev–Trinajstić information content (AvgIpc) is 2.38. The van der Waals surface area contributed by atoms with E-state index in [2.05, 4.69) is 14.3 Å². The zero-order chi connectivity index (χ0) is 7.61. The molecule has 1 aromatic rings. The standard InChI is InChI=1S/C3H3N4O2S/c4-7-10(8,9)3-5-1-2-6-3/h1-2H,(H,5,6)/q+1. The van der Waals surface area contributed by atoms with Gasteiger partial charge in [0.2, 0.25) is 5.39 Å². The first-order chi connectivity index (χ1) is 4.67. The molecule has 0 aromatic carbocycles. The Hall–Kier alpha value is -1.42. The molecule has 1 N–H and O–H groups in total. The van der Waals surface area contributed by atoms with Crippen molar-refractivity contribution in [2.75, 3.05) is 0 Å². The van der Waals surface area contributed by atoms with Gasteiger partial charge in [0.15, 0.2) is 0 Å². The number of H-pyrrole nitrogens is 1. The van der Waals surface area contributed by atoms with E-state index >= 15 is 0 Å². The largest absolute Gasteiger partial charge is 0.587 e. The van der Waals surface area contributed by atoms with Crippen molar-refractivity contribution < 1.29 is 8.42 Å². The minimum Gasteiger partial charge on any atom is -0.329 e. The number of imidazole rings is 1. The lowest BCUT2D eigenvalue weighted by atomic mass is 11.0. The van der Waals surface area contributed by atoms with E-state index in [1.165, 1.54) is 12.4 Å². The summed E-state index contributed by atoms with van der Waals surface area (Å²) < 4.78 is 23.2. The van der Waals surface area contributed by atoms with E-state index in [1.54, 1.807) is 0 Å². The molecule has 0 aliphatic heterocycles. The maximum Gasteiger partial charge on any atom is 0.587 e. The molecule has 0 saturated carbocycles. The first-order valence-electron chi connectivity index (χ1n) is 2.27. The van der Waals surface area contributed by atoms with Gasteiger partial charge < -0.3 is 4.98 Å². The van der Waals surface area contributed by atoms with Crippen LogP contribution in [0.5, 0.6) is 0 Å². The van der Waals surface area contributed by atoms with E-state index in [9.17, 15) is 8.42 Å². The Kier molecular flexibility index (Phi) is 1.39. The van der Waals surface area contributed by atoms with Crippen molar-refractivity contribution in [3.05, 3.63) is 16.8 Å². The van der Waals surface area contributed by atoms with Crippen molar-refractivity contribution in [3.8, 4) is 0 Å². The average molecular weight is 159 g/mol. The Morgan fingerprint density at radius 2 is 2.40 bits per heavy atom. The molecule has 0 fully saturated rings. The van der Waals surface area contributed by atoms with Crippen molar-refractivity contribution in [1.82, 2.24) is 9.97 Å². The van der Waals surface area contributed by atoms with E-state index < -0.39 is 10.0 Å². The van der Waals surface area contributed by atoms with Gasteiger partial charge >= 0.3 is 15.2 Å². The molecule has 10 heavy (non-hydrogen) atoms. The molecule has 0 unspecified atom stereocenters. The van der Waals surface area contributed by atoms with Crippen LogP contribution >= 0.6 is 0 Å². The summed E-state index contributed by atoms with van der Waals surface area (Å²) in [7, 11) is -3.94. The number of rotatable bonds is 1. The fourth-order valence-electron chi connectivity index (χ4n) is 0.431. The van der Waals surface area contributed by atoms with Crippen LogP contribution in [0.1, 0.15) is 0 Å². The normalized spacial score (nSPS) is 10.7. The van der Waals surface area contributed by atoms with Crippen molar-refractivity contribution in [2.24, 2.45) is 0 Å². The van der Waals surface area contributed by atoms with E-state index in [0.717, 1.165) is 0 Å². The first-order valence-corrected chi connectivity index (χ1v) is 3.71. The predicted molar refractivity (Wildman–Crippen MR) is 30.9 cm³/mol. The predicted octanol–water partition coefficient (Wildman–Crippen LogP) is -0.0485. The summed E-state index contributed by atoms with van der Waals surface area (Å²) in [6.45, 7) is 0. The highest BCUT2D eigenvalue weighted by molar-refractivity contribution is 7.93. The van der Waals surface area contributed by atoms with Crippen LogP contribution in [0, 0.1) is 5.39 Å². The molecule has 6 nitrogen and oxygen atoms in total. The first kappa shape index (κ1) is 6.70. The number of nitrogens with one attached hydrogen (secondary N) is 1. The molecule has 0 atom stereocenters. The molecule has 1 heterocycles. The Morgan fingerprint density at radius 3 is 2.80 bits per heavy atom. The molecule has 52 valence electrons. The molecule has 1 rings (SSSR count). The molecule has 0 aliphatic carbocycles. The SMILES string of the molecule is N#[N+]S(=O)(=O)c1ncc[nH]1. The number of diazo groups is 1. The molecular formula is C3H3N4O2S+. The summed E-state index contributed by atoms with van der Waals surface area (Å²) in [5.41, 5.74) is 0. The van der Waals surface area contributed by atoms with Gasteiger partial charge in [-0.15, -0.1) is 8.42 Å². The third-order valence-corrected chi connectivity index (χ3v) is 1.75. The molecule has 0 spiro atoms. The highest BCUT2D eigenvalue weighted by atomic mass is 32.2. The van der Waals surface area contributed by atoms with Gasteiger partial charge in [0.05, 0.1) is 0 Å². The number of nitrogens with zero attached hydrogens (tertiary/aromatic N) is 3. The van der Waals surface area contributed by atoms with Crippen LogP contribution in [0.15, 0.2) is 17.6 Å². The monoisotopic (exact) mass is 159 g/mol. The molecule has 0 amide bonds. The Bertz CT molecular complexity index is 344. The maximum absolute atomic E-state index is 10.6. The van der Waals surface area contributed by atoms with Crippen LogP contribution in [0.2, 0.25) is 0 Å². The second kappa shape index (κ2) is 2.07. The van der Waals surface area contributed by atoms with Crippen LogP contribution in [0.4, 0.5) is 0 Å². The van der Waals surface area contributed by atoms with Gasteiger partial charge in [-0.05, 0) is 0 Å². The highest BCUT2D eigenvalue weighted by Gasteiger charge is 2.29. The van der Waals surface area contributed by atoms with E-state index in [-0.39, 0.29) is 5.16 Å². The van der Waals surface area contributed by atoms with E-state index in [4.69, 9.17) is 5.39 Å². The number of aromatic nitrogens is 2. The summed E-state index contributed by atoms with van der Waals surface area (Å²) >= 11 is 0. The van der Waals surface area contributed by atoms with Crippen LogP contribution in [0.25, 0.3) is 4.38 Å². The van der Waals surface area contributed by atoms with Crippen molar-refractivity contribution in [3.63, 3.8) is 0 Å². The third kappa shape index (κ3) is 0.964. The molecular weight excluding hydrogens is 156 g/mol. The topological polar surface area (TPSA) is 91.0 Å². The van der Waals surface area contributed by atoms with Crippen molar-refractivity contribution in [1.29, 1.82) is 5.39 Å². The number of hydrogen-bond acceptors (Lipinski definition) is 4. The lowest BCUT2D eigenvalue weighted by Crippen LogP contribution is -1.95. The Balaban J connectivity index is 3.26. The number of aromatic amines is 1. The summed E-state index contributed by atoms with van der Waals surface area (Å²) in [6.07, 6.45) is 2.57. The van der Waals surface area contributed by atoms with Crippen LogP contribution < -0.4 is 0 Å². The molecule has 1 aromatic heterocycles. The minimum atomic E-state index is -3.94. The number of sulfonamides is 1. The fraction of sp³-hybridized carbons (Fsp3) is 0. The highest BCUT2D eigenvalue weighted by Crippen LogP contribution is 2.02. The second-order valence-corrected chi connectivity index (χ2v) is 2.95. The second-order valence-electron chi connectivity index (χ2n) is 1.45. The number of hydrogen-bond donors (Lipinski definition) is 1. The van der Waals surface area contributed by atoms with Crippen LogP contribution in [0.3, 0.4) is 0 Å². The third-order valence-electron chi connectivity index (χ3n) is 0.825.